The minimum atomic E-state index is 0.690. The van der Waals surface area contributed by atoms with Crippen LogP contribution in [0.15, 0.2) is 47.3 Å². The molecule has 3 aromatic heterocycles. The topological polar surface area (TPSA) is 54.7 Å². The van der Waals surface area contributed by atoms with Crippen molar-refractivity contribution < 1.29 is 4.42 Å². The average molecular weight is 249 g/mol. The Balaban J connectivity index is 2.12. The molecular formula is C15H11N3O. The van der Waals surface area contributed by atoms with Crippen molar-refractivity contribution in [2.24, 2.45) is 0 Å². The van der Waals surface area contributed by atoms with Crippen LogP contribution in [-0.2, 0) is 0 Å². The summed E-state index contributed by atoms with van der Waals surface area (Å²) in [5, 5.41) is 2.36. The third kappa shape index (κ3) is 1.46. The lowest BCUT2D eigenvalue weighted by Gasteiger charge is -2.00. The van der Waals surface area contributed by atoms with Gasteiger partial charge in [-0.1, -0.05) is 18.2 Å². The number of rotatable bonds is 1. The summed E-state index contributed by atoms with van der Waals surface area (Å²) < 4.78 is 5.33. The summed E-state index contributed by atoms with van der Waals surface area (Å²) in [6.45, 7) is 2.00. The first-order valence-electron chi connectivity index (χ1n) is 6.10. The van der Waals surface area contributed by atoms with E-state index in [9.17, 15) is 0 Å². The van der Waals surface area contributed by atoms with Crippen LogP contribution in [0, 0.1) is 6.92 Å². The second-order valence-corrected chi connectivity index (χ2v) is 4.55. The van der Waals surface area contributed by atoms with Gasteiger partial charge < -0.3 is 9.40 Å². The molecule has 0 spiro atoms. The largest absolute Gasteiger partial charge is 0.442 e. The number of hydrogen-bond acceptors (Lipinski definition) is 3. The standard InChI is InChI=1S/C15H11N3O/c1-9-15-11(10-4-2-3-5-12(10)18-15)6-13(17-9)14-7-16-8-19-14/h2-8,18H,1H3. The van der Waals surface area contributed by atoms with Crippen molar-refractivity contribution in [1.29, 1.82) is 0 Å². The molecule has 0 aliphatic carbocycles. The summed E-state index contributed by atoms with van der Waals surface area (Å²) in [5.41, 5.74) is 3.97. The van der Waals surface area contributed by atoms with Crippen molar-refractivity contribution in [2.45, 2.75) is 6.92 Å². The number of nitrogens with zero attached hydrogens (tertiary/aromatic N) is 2. The lowest BCUT2D eigenvalue weighted by atomic mass is 10.1. The van der Waals surface area contributed by atoms with Gasteiger partial charge in [-0.15, -0.1) is 0 Å². The molecule has 3 heterocycles. The second kappa shape index (κ2) is 3.68. The lowest BCUT2D eigenvalue weighted by molar-refractivity contribution is 0.570. The van der Waals surface area contributed by atoms with Gasteiger partial charge in [-0.25, -0.2) is 9.97 Å². The Hall–Kier alpha value is -2.62. The monoisotopic (exact) mass is 249 g/mol. The van der Waals surface area contributed by atoms with E-state index in [1.54, 1.807) is 6.20 Å². The highest BCUT2D eigenvalue weighted by molar-refractivity contribution is 6.08. The fourth-order valence-corrected chi connectivity index (χ4v) is 2.47. The number of nitrogens with one attached hydrogen (secondary N) is 1. The summed E-state index contributed by atoms with van der Waals surface area (Å²) in [4.78, 5) is 11.9. The summed E-state index contributed by atoms with van der Waals surface area (Å²) in [7, 11) is 0. The number of H-pyrrole nitrogens is 1. The maximum Gasteiger partial charge on any atom is 0.181 e. The summed E-state index contributed by atoms with van der Waals surface area (Å²) >= 11 is 0. The van der Waals surface area contributed by atoms with Crippen LogP contribution >= 0.6 is 0 Å². The van der Waals surface area contributed by atoms with E-state index < -0.39 is 0 Å². The molecule has 4 nitrogen and oxygen atoms in total. The fraction of sp³-hybridized carbons (Fsp3) is 0.0667. The van der Waals surface area contributed by atoms with Gasteiger partial charge in [0.25, 0.3) is 0 Å². The zero-order valence-corrected chi connectivity index (χ0v) is 10.3. The maximum absolute atomic E-state index is 5.33. The molecule has 0 radical (unpaired) electrons. The number of hydrogen-bond donors (Lipinski definition) is 1. The van der Waals surface area contributed by atoms with Crippen LogP contribution in [0.25, 0.3) is 33.3 Å². The molecule has 92 valence electrons. The van der Waals surface area contributed by atoms with Crippen LogP contribution < -0.4 is 0 Å². The number of oxazole rings is 1. The van der Waals surface area contributed by atoms with E-state index in [4.69, 9.17) is 4.42 Å². The Bertz CT molecular complexity index is 875. The predicted octanol–water partition coefficient (Wildman–Crippen LogP) is 3.68. The number of pyridine rings is 1. The molecule has 0 fully saturated rings. The minimum Gasteiger partial charge on any atom is -0.442 e. The van der Waals surface area contributed by atoms with E-state index in [1.807, 2.05) is 25.1 Å². The molecule has 0 bridgehead atoms. The number of aryl methyl sites for hydroxylation is 1. The molecule has 4 aromatic rings. The van der Waals surface area contributed by atoms with Gasteiger partial charge in [-0.2, -0.15) is 0 Å². The van der Waals surface area contributed by atoms with Crippen LogP contribution in [-0.4, -0.2) is 15.0 Å². The number of aromatic amines is 1. The van der Waals surface area contributed by atoms with Crippen molar-refractivity contribution in [3.8, 4) is 11.5 Å². The van der Waals surface area contributed by atoms with Crippen LogP contribution in [0.1, 0.15) is 5.69 Å². The second-order valence-electron chi connectivity index (χ2n) is 4.55. The Morgan fingerprint density at radius 2 is 2.05 bits per heavy atom. The first kappa shape index (κ1) is 10.3. The van der Waals surface area contributed by atoms with E-state index in [-0.39, 0.29) is 0 Å². The van der Waals surface area contributed by atoms with Gasteiger partial charge in [-0.3, -0.25) is 0 Å². The maximum atomic E-state index is 5.33. The predicted molar refractivity (Wildman–Crippen MR) is 73.8 cm³/mol. The van der Waals surface area contributed by atoms with Crippen molar-refractivity contribution in [3.63, 3.8) is 0 Å². The van der Waals surface area contributed by atoms with Crippen molar-refractivity contribution in [3.05, 3.63) is 48.6 Å². The normalized spacial score (nSPS) is 11.4. The third-order valence-corrected chi connectivity index (χ3v) is 3.36. The molecule has 0 unspecified atom stereocenters. The Labute approximate surface area is 109 Å². The van der Waals surface area contributed by atoms with E-state index in [0.29, 0.717) is 5.76 Å². The van der Waals surface area contributed by atoms with E-state index in [1.165, 1.54) is 11.8 Å². The molecule has 0 saturated carbocycles. The molecule has 0 aliphatic heterocycles. The van der Waals surface area contributed by atoms with Crippen molar-refractivity contribution >= 4 is 21.8 Å². The molecule has 1 N–H and O–H groups in total. The zero-order chi connectivity index (χ0) is 12.8. The highest BCUT2D eigenvalue weighted by atomic mass is 16.3. The van der Waals surface area contributed by atoms with Crippen LogP contribution in [0.4, 0.5) is 0 Å². The van der Waals surface area contributed by atoms with E-state index in [2.05, 4.69) is 27.1 Å². The molecule has 19 heavy (non-hydrogen) atoms. The Morgan fingerprint density at radius 1 is 1.16 bits per heavy atom. The molecule has 4 rings (SSSR count). The van der Waals surface area contributed by atoms with Gasteiger partial charge in [-0.05, 0) is 19.1 Å². The van der Waals surface area contributed by atoms with Gasteiger partial charge in [0.05, 0.1) is 17.4 Å². The average Bonchev–Trinajstić information content (AvgIpc) is 3.06. The Morgan fingerprint density at radius 3 is 2.89 bits per heavy atom. The highest BCUT2D eigenvalue weighted by Gasteiger charge is 2.11. The first-order valence-corrected chi connectivity index (χ1v) is 6.10. The molecule has 1 aromatic carbocycles. The quantitative estimate of drug-likeness (QED) is 0.560. The van der Waals surface area contributed by atoms with E-state index in [0.717, 1.165) is 27.8 Å². The number of para-hydroxylation sites is 1. The minimum absolute atomic E-state index is 0.690. The number of benzene rings is 1. The van der Waals surface area contributed by atoms with Crippen LogP contribution in [0.5, 0.6) is 0 Å². The molecule has 0 amide bonds. The van der Waals surface area contributed by atoms with Gasteiger partial charge in [0.15, 0.2) is 12.2 Å². The summed E-state index contributed by atoms with van der Waals surface area (Å²) in [6.07, 6.45) is 3.11. The van der Waals surface area contributed by atoms with Gasteiger partial charge in [0.1, 0.15) is 5.69 Å². The van der Waals surface area contributed by atoms with Crippen molar-refractivity contribution in [2.75, 3.05) is 0 Å². The zero-order valence-electron chi connectivity index (χ0n) is 10.3. The van der Waals surface area contributed by atoms with Gasteiger partial charge >= 0.3 is 0 Å². The van der Waals surface area contributed by atoms with Crippen LogP contribution in [0.2, 0.25) is 0 Å². The third-order valence-electron chi connectivity index (χ3n) is 3.36. The van der Waals surface area contributed by atoms with E-state index >= 15 is 0 Å². The first-order chi connectivity index (χ1) is 9.33. The number of aromatic nitrogens is 3. The molecule has 0 atom stereocenters. The molecule has 4 heteroatoms. The summed E-state index contributed by atoms with van der Waals surface area (Å²) in [5.74, 6) is 0.690. The van der Waals surface area contributed by atoms with Crippen LogP contribution in [0.3, 0.4) is 0 Å². The molecule has 0 saturated heterocycles. The molecular weight excluding hydrogens is 238 g/mol. The SMILES string of the molecule is Cc1nc(-c2cnco2)cc2c1[nH]c1ccccc12. The number of fused-ring (bicyclic) bond motifs is 3. The van der Waals surface area contributed by atoms with Gasteiger partial charge in [0.2, 0.25) is 0 Å². The summed E-state index contributed by atoms with van der Waals surface area (Å²) in [6, 6.07) is 10.3. The fourth-order valence-electron chi connectivity index (χ4n) is 2.47. The van der Waals surface area contributed by atoms with Gasteiger partial charge in [0, 0.05) is 16.3 Å². The Kier molecular flexibility index (Phi) is 2.00. The highest BCUT2D eigenvalue weighted by Crippen LogP contribution is 2.30. The lowest BCUT2D eigenvalue weighted by Crippen LogP contribution is -1.87. The van der Waals surface area contributed by atoms with Crippen molar-refractivity contribution in [1.82, 2.24) is 15.0 Å². The molecule has 0 aliphatic rings. The smallest absolute Gasteiger partial charge is 0.181 e.